The zero-order valence-corrected chi connectivity index (χ0v) is 7.64. The lowest BCUT2D eigenvalue weighted by Gasteiger charge is -2.02. The first kappa shape index (κ1) is 8.68. The molecule has 72 valence electrons. The molecule has 0 aliphatic carbocycles. The summed E-state index contributed by atoms with van der Waals surface area (Å²) in [5, 5.41) is 3.17. The number of H-pyrrole nitrogens is 1. The molecule has 0 atom stereocenters. The van der Waals surface area contributed by atoms with Crippen LogP contribution in [0.3, 0.4) is 0 Å². The molecule has 0 aliphatic heterocycles. The fourth-order valence-corrected chi connectivity index (χ4v) is 1.14. The van der Waals surface area contributed by atoms with Gasteiger partial charge in [0, 0.05) is 31.6 Å². The topological polar surface area (TPSA) is 66.5 Å². The number of hydrogen-bond acceptors (Lipinski definition) is 4. The number of hydrogen-bond donors (Lipinski definition) is 2. The monoisotopic (exact) mass is 189 g/mol. The van der Waals surface area contributed by atoms with Gasteiger partial charge in [-0.3, -0.25) is 0 Å². The van der Waals surface area contributed by atoms with E-state index >= 15 is 0 Å². The van der Waals surface area contributed by atoms with E-state index in [4.69, 9.17) is 0 Å². The Labute approximate surface area is 81.6 Å². The Morgan fingerprint density at radius 1 is 1.29 bits per heavy atom. The van der Waals surface area contributed by atoms with Gasteiger partial charge in [0.2, 0.25) is 0 Å². The average molecular weight is 189 g/mol. The standard InChI is InChI=1S/C9H11N5/c1-3-10-7-14-9(1)11-4-2-8-12-5-6-13-8/h1,3,5-7H,2,4H2,(H,12,13)(H,10,11,14). The molecule has 2 aromatic heterocycles. The van der Waals surface area contributed by atoms with Crippen LogP contribution in [0.25, 0.3) is 0 Å². The summed E-state index contributed by atoms with van der Waals surface area (Å²) in [6, 6.07) is 1.84. The molecule has 5 nitrogen and oxygen atoms in total. The van der Waals surface area contributed by atoms with E-state index in [0.717, 1.165) is 24.6 Å². The zero-order valence-electron chi connectivity index (χ0n) is 7.64. The number of nitrogens with one attached hydrogen (secondary N) is 2. The molecule has 0 unspecified atom stereocenters. The molecule has 2 aromatic rings. The first-order valence-corrected chi connectivity index (χ1v) is 4.43. The van der Waals surface area contributed by atoms with Crippen LogP contribution in [0.5, 0.6) is 0 Å². The van der Waals surface area contributed by atoms with E-state index in [9.17, 15) is 0 Å². The third-order valence-electron chi connectivity index (χ3n) is 1.80. The van der Waals surface area contributed by atoms with Crippen molar-refractivity contribution in [3.05, 3.63) is 36.8 Å². The molecule has 0 saturated heterocycles. The quantitative estimate of drug-likeness (QED) is 0.748. The van der Waals surface area contributed by atoms with Crippen LogP contribution in [0.2, 0.25) is 0 Å². The molecule has 5 heteroatoms. The molecular formula is C9H11N5. The molecule has 14 heavy (non-hydrogen) atoms. The highest BCUT2D eigenvalue weighted by Gasteiger charge is 1.94. The van der Waals surface area contributed by atoms with Gasteiger partial charge >= 0.3 is 0 Å². The molecule has 0 amide bonds. The third-order valence-corrected chi connectivity index (χ3v) is 1.80. The van der Waals surface area contributed by atoms with Crippen molar-refractivity contribution in [2.45, 2.75) is 6.42 Å². The normalized spacial score (nSPS) is 10.0. The van der Waals surface area contributed by atoms with E-state index in [1.54, 1.807) is 12.4 Å². The molecule has 0 aliphatic rings. The number of aromatic nitrogens is 4. The molecule has 2 heterocycles. The average Bonchev–Trinajstić information content (AvgIpc) is 2.72. The van der Waals surface area contributed by atoms with Crippen LogP contribution >= 0.6 is 0 Å². The van der Waals surface area contributed by atoms with E-state index in [-0.39, 0.29) is 0 Å². The van der Waals surface area contributed by atoms with Crippen molar-refractivity contribution in [2.24, 2.45) is 0 Å². The molecule has 0 bridgehead atoms. The van der Waals surface area contributed by atoms with E-state index in [2.05, 4.69) is 25.3 Å². The highest BCUT2D eigenvalue weighted by atomic mass is 15.0. The summed E-state index contributed by atoms with van der Waals surface area (Å²) in [6.07, 6.45) is 7.66. The lowest BCUT2D eigenvalue weighted by molar-refractivity contribution is 0.920. The lowest BCUT2D eigenvalue weighted by atomic mass is 10.4. The van der Waals surface area contributed by atoms with Crippen molar-refractivity contribution in [3.8, 4) is 0 Å². The minimum absolute atomic E-state index is 0.810. The molecule has 0 radical (unpaired) electrons. The largest absolute Gasteiger partial charge is 0.370 e. The van der Waals surface area contributed by atoms with Gasteiger partial charge in [0.05, 0.1) is 0 Å². The highest BCUT2D eigenvalue weighted by Crippen LogP contribution is 1.98. The van der Waals surface area contributed by atoms with Gasteiger partial charge in [-0.15, -0.1) is 0 Å². The number of nitrogens with zero attached hydrogens (tertiary/aromatic N) is 3. The maximum Gasteiger partial charge on any atom is 0.129 e. The summed E-state index contributed by atoms with van der Waals surface area (Å²) in [7, 11) is 0. The summed E-state index contributed by atoms with van der Waals surface area (Å²) < 4.78 is 0. The van der Waals surface area contributed by atoms with Crippen LogP contribution < -0.4 is 5.32 Å². The van der Waals surface area contributed by atoms with E-state index in [0.29, 0.717) is 0 Å². The SMILES string of the molecule is c1cc(NCCc2ncc[nH]2)ncn1. The number of aromatic amines is 1. The number of anilines is 1. The van der Waals surface area contributed by atoms with Gasteiger partial charge in [-0.05, 0) is 6.07 Å². The van der Waals surface area contributed by atoms with Crippen molar-refractivity contribution in [2.75, 3.05) is 11.9 Å². The van der Waals surface area contributed by atoms with Crippen LogP contribution in [0.15, 0.2) is 31.0 Å². The van der Waals surface area contributed by atoms with Crippen LogP contribution in [-0.2, 0) is 6.42 Å². The van der Waals surface area contributed by atoms with Gasteiger partial charge in [-0.2, -0.15) is 0 Å². The van der Waals surface area contributed by atoms with E-state index in [1.165, 1.54) is 6.33 Å². The predicted octanol–water partition coefficient (Wildman–Crippen LogP) is 0.854. The third kappa shape index (κ3) is 2.29. The maximum atomic E-state index is 4.12. The van der Waals surface area contributed by atoms with Gasteiger partial charge in [-0.1, -0.05) is 0 Å². The second-order valence-corrected chi connectivity index (χ2v) is 2.81. The molecule has 2 rings (SSSR count). The molecule has 0 saturated carbocycles. The van der Waals surface area contributed by atoms with Crippen molar-refractivity contribution in [1.82, 2.24) is 19.9 Å². The zero-order chi connectivity index (χ0) is 9.64. The van der Waals surface area contributed by atoms with Crippen LogP contribution in [0.4, 0.5) is 5.82 Å². The Hall–Kier alpha value is -1.91. The fraction of sp³-hybridized carbons (Fsp3) is 0.222. The fourth-order valence-electron chi connectivity index (χ4n) is 1.14. The van der Waals surface area contributed by atoms with Crippen LogP contribution in [0, 0.1) is 0 Å². The van der Waals surface area contributed by atoms with Gasteiger partial charge in [0.25, 0.3) is 0 Å². The first-order chi connectivity index (χ1) is 6.95. The molecule has 0 fully saturated rings. The second-order valence-electron chi connectivity index (χ2n) is 2.81. The van der Waals surface area contributed by atoms with E-state index in [1.807, 2.05) is 12.3 Å². The Bertz CT molecular complexity index is 356. The lowest BCUT2D eigenvalue weighted by Crippen LogP contribution is -2.06. The highest BCUT2D eigenvalue weighted by molar-refractivity contribution is 5.31. The Kier molecular flexibility index (Phi) is 2.70. The Morgan fingerprint density at radius 2 is 2.29 bits per heavy atom. The molecular weight excluding hydrogens is 178 g/mol. The van der Waals surface area contributed by atoms with Crippen molar-refractivity contribution >= 4 is 5.82 Å². The second kappa shape index (κ2) is 4.36. The van der Waals surface area contributed by atoms with Crippen molar-refractivity contribution < 1.29 is 0 Å². The van der Waals surface area contributed by atoms with Crippen LogP contribution in [0.1, 0.15) is 5.82 Å². The molecule has 2 N–H and O–H groups in total. The summed E-state index contributed by atoms with van der Waals surface area (Å²) in [5.74, 6) is 1.82. The summed E-state index contributed by atoms with van der Waals surface area (Å²) in [6.45, 7) is 0.810. The smallest absolute Gasteiger partial charge is 0.129 e. The van der Waals surface area contributed by atoms with Gasteiger partial charge in [0.15, 0.2) is 0 Å². The van der Waals surface area contributed by atoms with E-state index < -0.39 is 0 Å². The predicted molar refractivity (Wildman–Crippen MR) is 52.8 cm³/mol. The minimum atomic E-state index is 0.810. The molecule has 0 aromatic carbocycles. The van der Waals surface area contributed by atoms with Crippen LogP contribution in [-0.4, -0.2) is 26.5 Å². The maximum absolute atomic E-state index is 4.12. The molecule has 0 spiro atoms. The van der Waals surface area contributed by atoms with Gasteiger partial charge in [-0.25, -0.2) is 15.0 Å². The Balaban J connectivity index is 1.79. The number of imidazole rings is 1. The summed E-state index contributed by atoms with van der Waals surface area (Å²) in [4.78, 5) is 15.0. The summed E-state index contributed by atoms with van der Waals surface area (Å²) in [5.41, 5.74) is 0. The first-order valence-electron chi connectivity index (χ1n) is 4.43. The van der Waals surface area contributed by atoms with Gasteiger partial charge < -0.3 is 10.3 Å². The van der Waals surface area contributed by atoms with Crippen molar-refractivity contribution in [3.63, 3.8) is 0 Å². The minimum Gasteiger partial charge on any atom is -0.370 e. The Morgan fingerprint density at radius 3 is 3.00 bits per heavy atom. The van der Waals surface area contributed by atoms with Gasteiger partial charge in [0.1, 0.15) is 18.0 Å². The summed E-state index contributed by atoms with van der Waals surface area (Å²) >= 11 is 0. The van der Waals surface area contributed by atoms with Crippen molar-refractivity contribution in [1.29, 1.82) is 0 Å². The number of rotatable bonds is 4.